The molecule has 0 saturated heterocycles. The molecule has 3 nitrogen and oxygen atoms in total. The molecule has 2 aromatic rings. The summed E-state index contributed by atoms with van der Waals surface area (Å²) in [7, 11) is 1.66. The normalized spacial score (nSPS) is 11.9. The second-order valence-corrected chi connectivity index (χ2v) is 5.02. The Morgan fingerprint density at radius 2 is 1.89 bits per heavy atom. The Labute approximate surface area is 116 Å². The number of rotatable bonds is 1. The summed E-state index contributed by atoms with van der Waals surface area (Å²) in [6.45, 7) is 1.36. The number of benzene rings is 1. The Morgan fingerprint density at radius 3 is 2.37 bits per heavy atom. The van der Waals surface area contributed by atoms with Gasteiger partial charge in [-0.3, -0.25) is 4.68 Å². The number of anilines is 1. The number of halogens is 4. The van der Waals surface area contributed by atoms with Crippen LogP contribution >= 0.6 is 15.9 Å². The van der Waals surface area contributed by atoms with Crippen molar-refractivity contribution in [3.8, 4) is 11.3 Å². The fraction of sp³-hybridized carbons (Fsp3) is 0.250. The molecule has 1 aromatic carbocycles. The summed E-state index contributed by atoms with van der Waals surface area (Å²) in [6.07, 6.45) is -4.43. The minimum absolute atomic E-state index is 0.0393. The van der Waals surface area contributed by atoms with Crippen LogP contribution in [-0.4, -0.2) is 9.78 Å². The topological polar surface area (TPSA) is 43.8 Å². The van der Waals surface area contributed by atoms with Crippen molar-refractivity contribution in [2.24, 2.45) is 7.05 Å². The molecule has 0 bridgehead atoms. The highest BCUT2D eigenvalue weighted by atomic mass is 79.9. The first kappa shape index (κ1) is 13.9. The second kappa shape index (κ2) is 4.56. The average molecular weight is 334 g/mol. The maximum absolute atomic E-state index is 12.9. The smallest absolute Gasteiger partial charge is 0.398 e. The van der Waals surface area contributed by atoms with E-state index in [2.05, 4.69) is 21.0 Å². The van der Waals surface area contributed by atoms with Crippen molar-refractivity contribution in [3.63, 3.8) is 0 Å². The van der Waals surface area contributed by atoms with Gasteiger partial charge >= 0.3 is 6.18 Å². The third kappa shape index (κ3) is 2.60. The van der Waals surface area contributed by atoms with E-state index < -0.39 is 11.7 Å². The van der Waals surface area contributed by atoms with Crippen LogP contribution in [0, 0.1) is 6.92 Å². The molecule has 0 atom stereocenters. The van der Waals surface area contributed by atoms with Crippen molar-refractivity contribution < 1.29 is 13.2 Å². The number of nitrogen functional groups attached to an aromatic ring is 1. The number of hydrogen-bond donors (Lipinski definition) is 1. The van der Waals surface area contributed by atoms with Gasteiger partial charge in [0.1, 0.15) is 4.60 Å². The maximum atomic E-state index is 12.9. The molecule has 0 fully saturated rings. The first-order valence-corrected chi connectivity index (χ1v) is 6.16. The number of hydrogen-bond acceptors (Lipinski definition) is 2. The van der Waals surface area contributed by atoms with Crippen LogP contribution in [0.1, 0.15) is 11.1 Å². The van der Waals surface area contributed by atoms with Gasteiger partial charge in [-0.05, 0) is 46.6 Å². The predicted molar refractivity (Wildman–Crippen MR) is 70.5 cm³/mol. The summed E-state index contributed by atoms with van der Waals surface area (Å²) in [4.78, 5) is 0. The van der Waals surface area contributed by atoms with Crippen molar-refractivity contribution in [2.75, 3.05) is 5.73 Å². The van der Waals surface area contributed by atoms with Gasteiger partial charge in [0.15, 0.2) is 0 Å². The molecular formula is C12H11BrF3N3. The van der Waals surface area contributed by atoms with E-state index in [-0.39, 0.29) is 11.3 Å². The van der Waals surface area contributed by atoms with Crippen molar-refractivity contribution in [3.05, 3.63) is 33.9 Å². The van der Waals surface area contributed by atoms with Gasteiger partial charge < -0.3 is 5.73 Å². The lowest BCUT2D eigenvalue weighted by Crippen LogP contribution is -2.10. The van der Waals surface area contributed by atoms with Crippen LogP contribution < -0.4 is 5.73 Å². The number of nitrogens with zero attached hydrogens (tertiary/aromatic N) is 2. The van der Waals surface area contributed by atoms with Crippen LogP contribution in [0.2, 0.25) is 0 Å². The fourth-order valence-electron chi connectivity index (χ4n) is 1.88. The third-order valence-corrected chi connectivity index (χ3v) is 3.29. The van der Waals surface area contributed by atoms with Crippen LogP contribution in [0.4, 0.5) is 18.9 Å². The monoisotopic (exact) mass is 333 g/mol. The number of nitrogens with two attached hydrogens (primary N) is 1. The summed E-state index contributed by atoms with van der Waals surface area (Å²) >= 11 is 3.19. The molecule has 0 spiro atoms. The van der Waals surface area contributed by atoms with Crippen LogP contribution in [0.25, 0.3) is 11.3 Å². The molecule has 19 heavy (non-hydrogen) atoms. The predicted octanol–water partition coefficient (Wildman–Crippen LogP) is 3.76. The Morgan fingerprint density at radius 1 is 1.26 bits per heavy atom. The van der Waals surface area contributed by atoms with Gasteiger partial charge in [0.05, 0.1) is 11.3 Å². The maximum Gasteiger partial charge on any atom is 0.416 e. The van der Waals surface area contributed by atoms with Crippen LogP contribution in [0.3, 0.4) is 0 Å². The summed E-state index contributed by atoms with van der Waals surface area (Å²) in [6, 6.07) is 4.26. The van der Waals surface area contributed by atoms with Gasteiger partial charge in [-0.25, -0.2) is 0 Å². The van der Waals surface area contributed by atoms with Crippen molar-refractivity contribution in [2.45, 2.75) is 13.1 Å². The molecule has 0 amide bonds. The lowest BCUT2D eigenvalue weighted by molar-refractivity contribution is -0.138. The van der Waals surface area contributed by atoms with Gasteiger partial charge in [0.2, 0.25) is 0 Å². The average Bonchev–Trinajstić information content (AvgIpc) is 2.60. The molecule has 7 heteroatoms. The Balaban J connectivity index is 2.67. The molecule has 2 rings (SSSR count). The van der Waals surface area contributed by atoms with Crippen LogP contribution in [0.5, 0.6) is 0 Å². The van der Waals surface area contributed by atoms with Gasteiger partial charge in [0, 0.05) is 18.3 Å². The van der Waals surface area contributed by atoms with Gasteiger partial charge in [-0.15, -0.1) is 0 Å². The lowest BCUT2D eigenvalue weighted by Gasteiger charge is -2.14. The Bertz CT molecular complexity index is 632. The SMILES string of the molecule is Cc1c(N)cc(-c2cc(Br)nn2C)cc1C(F)(F)F. The van der Waals surface area contributed by atoms with E-state index in [1.54, 1.807) is 13.1 Å². The molecule has 0 aliphatic carbocycles. The highest BCUT2D eigenvalue weighted by molar-refractivity contribution is 9.10. The standard InChI is InChI=1S/C12H11BrF3N3/c1-6-8(12(14,15)16)3-7(4-9(6)17)10-5-11(13)18-19(10)2/h3-5H,17H2,1-2H3. The highest BCUT2D eigenvalue weighted by Gasteiger charge is 2.33. The van der Waals surface area contributed by atoms with Crippen molar-refractivity contribution in [1.82, 2.24) is 9.78 Å². The van der Waals surface area contributed by atoms with E-state index >= 15 is 0 Å². The summed E-state index contributed by atoms with van der Waals surface area (Å²) in [5.41, 5.74) is 6.05. The molecule has 2 N–H and O–H groups in total. The zero-order chi connectivity index (χ0) is 14.4. The van der Waals surface area contributed by atoms with E-state index in [1.807, 2.05) is 0 Å². The zero-order valence-electron chi connectivity index (χ0n) is 10.2. The molecular weight excluding hydrogens is 323 g/mol. The molecule has 0 saturated carbocycles. The molecule has 0 unspecified atom stereocenters. The van der Waals surface area contributed by atoms with E-state index in [0.717, 1.165) is 6.07 Å². The molecule has 1 heterocycles. The zero-order valence-corrected chi connectivity index (χ0v) is 11.8. The van der Waals surface area contributed by atoms with E-state index in [4.69, 9.17) is 5.73 Å². The number of aryl methyl sites for hydroxylation is 1. The number of alkyl halides is 3. The van der Waals surface area contributed by atoms with E-state index in [0.29, 0.717) is 15.9 Å². The molecule has 102 valence electrons. The Kier molecular flexibility index (Phi) is 3.34. The third-order valence-electron chi connectivity index (χ3n) is 2.90. The van der Waals surface area contributed by atoms with E-state index in [1.165, 1.54) is 17.7 Å². The summed E-state index contributed by atoms with van der Waals surface area (Å²) in [5, 5.41) is 4.04. The van der Waals surface area contributed by atoms with Crippen molar-refractivity contribution >= 4 is 21.6 Å². The molecule has 0 aliphatic heterocycles. The minimum atomic E-state index is -4.43. The van der Waals surface area contributed by atoms with Crippen LogP contribution in [0.15, 0.2) is 22.8 Å². The first-order chi connectivity index (χ1) is 8.70. The van der Waals surface area contributed by atoms with E-state index in [9.17, 15) is 13.2 Å². The van der Waals surface area contributed by atoms with Gasteiger partial charge in [0.25, 0.3) is 0 Å². The largest absolute Gasteiger partial charge is 0.416 e. The van der Waals surface area contributed by atoms with Gasteiger partial charge in [-0.2, -0.15) is 18.3 Å². The quantitative estimate of drug-likeness (QED) is 0.807. The van der Waals surface area contributed by atoms with Crippen molar-refractivity contribution in [1.29, 1.82) is 0 Å². The Hall–Kier alpha value is -1.50. The summed E-state index contributed by atoms with van der Waals surface area (Å²) in [5.74, 6) is 0. The molecule has 0 aliphatic rings. The fourth-order valence-corrected chi connectivity index (χ4v) is 2.34. The highest BCUT2D eigenvalue weighted by Crippen LogP contribution is 2.37. The number of aromatic nitrogens is 2. The molecule has 0 radical (unpaired) electrons. The van der Waals surface area contributed by atoms with Crippen LogP contribution in [-0.2, 0) is 13.2 Å². The second-order valence-electron chi connectivity index (χ2n) is 4.21. The lowest BCUT2D eigenvalue weighted by atomic mass is 10.0. The minimum Gasteiger partial charge on any atom is -0.398 e. The summed E-state index contributed by atoms with van der Waals surface area (Å²) < 4.78 is 40.9. The molecule has 1 aromatic heterocycles. The first-order valence-electron chi connectivity index (χ1n) is 5.37. The van der Waals surface area contributed by atoms with Gasteiger partial charge in [-0.1, -0.05) is 0 Å².